The lowest BCUT2D eigenvalue weighted by Gasteiger charge is -2.31. The Morgan fingerprint density at radius 3 is 2.95 bits per heavy atom. The first-order valence-electron chi connectivity index (χ1n) is 7.39. The van der Waals surface area contributed by atoms with Crippen LogP contribution in [0.15, 0.2) is 18.2 Å². The Balaban J connectivity index is 2.14. The number of benzene rings is 1. The topological polar surface area (TPSA) is 39.1 Å². The summed E-state index contributed by atoms with van der Waals surface area (Å²) in [6, 6.07) is 6.64. The lowest BCUT2D eigenvalue weighted by atomic mass is 9.98. The smallest absolute Gasteiger partial charge is 0.126 e. The summed E-state index contributed by atoms with van der Waals surface area (Å²) in [6.07, 6.45) is 3.43. The minimum absolute atomic E-state index is 0.332. The van der Waals surface area contributed by atoms with Gasteiger partial charge in [0.15, 0.2) is 0 Å². The summed E-state index contributed by atoms with van der Waals surface area (Å²) in [7, 11) is 0. The van der Waals surface area contributed by atoms with Crippen molar-refractivity contribution in [1.82, 2.24) is 5.32 Å². The zero-order valence-electron chi connectivity index (χ0n) is 12.0. The van der Waals surface area contributed by atoms with Crippen LogP contribution < -0.4 is 10.2 Å². The third-order valence-corrected chi connectivity index (χ3v) is 3.75. The summed E-state index contributed by atoms with van der Waals surface area (Å²) in [5, 5.41) is 12.4. The minimum Gasteiger partial charge on any atom is -0.371 e. The van der Waals surface area contributed by atoms with Crippen molar-refractivity contribution in [3.8, 4) is 6.07 Å². The predicted molar refractivity (Wildman–Crippen MR) is 79.2 cm³/mol. The zero-order valence-corrected chi connectivity index (χ0v) is 12.0. The average Bonchev–Trinajstić information content (AvgIpc) is 2.47. The molecule has 1 saturated heterocycles. The van der Waals surface area contributed by atoms with E-state index in [1.165, 1.54) is 25.0 Å². The molecule has 1 aliphatic heterocycles. The molecule has 0 saturated carbocycles. The van der Waals surface area contributed by atoms with Gasteiger partial charge in [0, 0.05) is 18.8 Å². The molecule has 0 aromatic heterocycles. The molecule has 1 atom stereocenters. The van der Waals surface area contributed by atoms with Crippen molar-refractivity contribution in [3.05, 3.63) is 29.6 Å². The number of nitrogens with one attached hydrogen (secondary N) is 1. The van der Waals surface area contributed by atoms with Crippen LogP contribution in [0.5, 0.6) is 0 Å². The normalized spacial score (nSPS) is 18.6. The Hall–Kier alpha value is -1.60. The molecule has 108 valence electrons. The van der Waals surface area contributed by atoms with Crippen molar-refractivity contribution in [3.63, 3.8) is 0 Å². The maximum Gasteiger partial charge on any atom is 0.126 e. The van der Waals surface area contributed by atoms with Gasteiger partial charge in [0.1, 0.15) is 5.82 Å². The molecule has 1 fully saturated rings. The molecular formula is C16H22FN3. The Kier molecular flexibility index (Phi) is 5.37. The highest BCUT2D eigenvalue weighted by atomic mass is 19.1. The van der Waals surface area contributed by atoms with Gasteiger partial charge in [0.2, 0.25) is 0 Å². The monoisotopic (exact) mass is 275 g/mol. The first-order valence-corrected chi connectivity index (χ1v) is 7.39. The molecule has 1 N–H and O–H groups in total. The fourth-order valence-electron chi connectivity index (χ4n) is 2.81. The zero-order chi connectivity index (χ0) is 14.4. The Bertz CT molecular complexity index is 475. The van der Waals surface area contributed by atoms with Gasteiger partial charge in [-0.15, -0.1) is 0 Å². The van der Waals surface area contributed by atoms with Crippen molar-refractivity contribution < 1.29 is 4.39 Å². The van der Waals surface area contributed by atoms with Crippen LogP contribution in [0.2, 0.25) is 0 Å². The molecular weight excluding hydrogens is 253 g/mol. The first kappa shape index (κ1) is 14.8. The molecule has 0 radical (unpaired) electrons. The second-order valence-electron chi connectivity index (χ2n) is 5.47. The Morgan fingerprint density at radius 1 is 1.45 bits per heavy atom. The molecule has 20 heavy (non-hydrogen) atoms. The average molecular weight is 275 g/mol. The molecule has 1 aliphatic rings. The molecule has 0 spiro atoms. The number of nitriles is 1. The van der Waals surface area contributed by atoms with Crippen molar-refractivity contribution in [2.24, 2.45) is 5.92 Å². The number of hydrogen-bond donors (Lipinski definition) is 1. The van der Waals surface area contributed by atoms with E-state index in [2.05, 4.69) is 17.1 Å². The van der Waals surface area contributed by atoms with E-state index in [1.807, 2.05) is 6.07 Å². The number of hydrogen-bond acceptors (Lipinski definition) is 3. The van der Waals surface area contributed by atoms with Gasteiger partial charge >= 0.3 is 0 Å². The van der Waals surface area contributed by atoms with E-state index in [4.69, 9.17) is 5.26 Å². The maximum absolute atomic E-state index is 13.6. The summed E-state index contributed by atoms with van der Waals surface area (Å²) in [6.45, 7) is 6.07. The van der Waals surface area contributed by atoms with E-state index in [1.54, 1.807) is 6.07 Å². The van der Waals surface area contributed by atoms with E-state index in [0.717, 1.165) is 38.3 Å². The molecule has 1 aromatic rings. The molecule has 1 heterocycles. The SMILES string of the molecule is CCCN(CC1CCCNC1)c1cc(F)cc(C#N)c1. The second kappa shape index (κ2) is 7.25. The van der Waals surface area contributed by atoms with Gasteiger partial charge < -0.3 is 10.2 Å². The minimum atomic E-state index is -0.332. The predicted octanol–water partition coefficient (Wildman–Crippen LogP) is 2.91. The summed E-state index contributed by atoms with van der Waals surface area (Å²) in [4.78, 5) is 2.21. The first-order chi connectivity index (χ1) is 9.72. The van der Waals surface area contributed by atoms with Crippen LogP contribution in [0.25, 0.3) is 0 Å². The molecule has 1 aromatic carbocycles. The van der Waals surface area contributed by atoms with Crippen LogP contribution in [0, 0.1) is 23.1 Å². The number of piperidine rings is 1. The van der Waals surface area contributed by atoms with Gasteiger partial charge in [-0.1, -0.05) is 6.92 Å². The van der Waals surface area contributed by atoms with E-state index in [-0.39, 0.29) is 5.82 Å². The molecule has 1 unspecified atom stereocenters. The van der Waals surface area contributed by atoms with E-state index in [0.29, 0.717) is 11.5 Å². The second-order valence-corrected chi connectivity index (χ2v) is 5.47. The van der Waals surface area contributed by atoms with Crippen LogP contribution >= 0.6 is 0 Å². The molecule has 3 nitrogen and oxygen atoms in total. The van der Waals surface area contributed by atoms with E-state index < -0.39 is 0 Å². The highest BCUT2D eigenvalue weighted by Gasteiger charge is 2.17. The van der Waals surface area contributed by atoms with Crippen molar-refractivity contribution in [2.45, 2.75) is 26.2 Å². The quantitative estimate of drug-likeness (QED) is 0.898. The van der Waals surface area contributed by atoms with E-state index in [9.17, 15) is 4.39 Å². The largest absolute Gasteiger partial charge is 0.371 e. The summed E-state index contributed by atoms with van der Waals surface area (Å²) >= 11 is 0. The molecule has 2 rings (SSSR count). The molecule has 0 aliphatic carbocycles. The van der Waals surface area contributed by atoms with Crippen molar-refractivity contribution in [1.29, 1.82) is 5.26 Å². The van der Waals surface area contributed by atoms with Crippen LogP contribution in [0.4, 0.5) is 10.1 Å². The summed E-state index contributed by atoms with van der Waals surface area (Å²) in [5.74, 6) is 0.269. The maximum atomic E-state index is 13.6. The van der Waals surface area contributed by atoms with Gasteiger partial charge in [-0.05, 0) is 56.5 Å². The van der Waals surface area contributed by atoms with Crippen LogP contribution in [-0.2, 0) is 0 Å². The summed E-state index contributed by atoms with van der Waals surface area (Å²) < 4.78 is 13.6. The Labute approximate surface area is 120 Å². The fraction of sp³-hybridized carbons (Fsp3) is 0.562. The van der Waals surface area contributed by atoms with Crippen LogP contribution in [-0.4, -0.2) is 26.2 Å². The standard InChI is InChI=1S/C16H22FN3/c1-2-6-20(12-13-4-3-5-19-11-13)16-8-14(10-18)7-15(17)9-16/h7-9,13,19H,2-6,11-12H2,1H3. The van der Waals surface area contributed by atoms with Crippen LogP contribution in [0.3, 0.4) is 0 Å². The Morgan fingerprint density at radius 2 is 2.30 bits per heavy atom. The van der Waals surface area contributed by atoms with Crippen LogP contribution in [0.1, 0.15) is 31.7 Å². The molecule has 0 bridgehead atoms. The number of rotatable bonds is 5. The fourth-order valence-corrected chi connectivity index (χ4v) is 2.81. The number of nitrogens with zero attached hydrogens (tertiary/aromatic N) is 2. The lowest BCUT2D eigenvalue weighted by Crippen LogP contribution is -2.38. The highest BCUT2D eigenvalue weighted by Crippen LogP contribution is 2.22. The molecule has 4 heteroatoms. The van der Waals surface area contributed by atoms with Gasteiger partial charge in [0.05, 0.1) is 11.6 Å². The highest BCUT2D eigenvalue weighted by molar-refractivity contribution is 5.52. The van der Waals surface area contributed by atoms with Gasteiger partial charge in [-0.2, -0.15) is 5.26 Å². The van der Waals surface area contributed by atoms with Crippen molar-refractivity contribution >= 4 is 5.69 Å². The third kappa shape index (κ3) is 3.94. The van der Waals surface area contributed by atoms with Crippen molar-refractivity contribution in [2.75, 3.05) is 31.1 Å². The lowest BCUT2D eigenvalue weighted by molar-refractivity contribution is 0.376. The van der Waals surface area contributed by atoms with Gasteiger partial charge in [-0.3, -0.25) is 0 Å². The van der Waals surface area contributed by atoms with Gasteiger partial charge in [0.25, 0.3) is 0 Å². The molecule has 0 amide bonds. The summed E-state index contributed by atoms with van der Waals surface area (Å²) in [5.41, 5.74) is 1.22. The van der Waals surface area contributed by atoms with E-state index >= 15 is 0 Å². The number of halogens is 1. The number of anilines is 1. The van der Waals surface area contributed by atoms with Gasteiger partial charge in [-0.25, -0.2) is 4.39 Å². The third-order valence-electron chi connectivity index (χ3n) is 3.75.